The van der Waals surface area contributed by atoms with Gasteiger partial charge in [-0.15, -0.1) is 0 Å². The fourth-order valence-corrected chi connectivity index (χ4v) is 4.06. The molecule has 4 rings (SSSR count). The maximum absolute atomic E-state index is 13.0. The monoisotopic (exact) mass is 421 g/mol. The van der Waals surface area contributed by atoms with Crippen LogP contribution in [0.4, 0.5) is 4.39 Å². The molecule has 31 heavy (non-hydrogen) atoms. The van der Waals surface area contributed by atoms with Crippen LogP contribution in [0.1, 0.15) is 16.8 Å². The van der Waals surface area contributed by atoms with Gasteiger partial charge in [0.2, 0.25) is 5.91 Å². The molecular formula is C25H28FN3O2. The van der Waals surface area contributed by atoms with Gasteiger partial charge in [0.1, 0.15) is 11.6 Å². The number of amides is 1. The minimum absolute atomic E-state index is 0.0369. The van der Waals surface area contributed by atoms with Crippen LogP contribution in [0.15, 0.2) is 48.5 Å². The van der Waals surface area contributed by atoms with Gasteiger partial charge < -0.3 is 14.6 Å². The van der Waals surface area contributed by atoms with E-state index in [0.29, 0.717) is 13.1 Å². The Bertz CT molecular complexity index is 1080. The predicted molar refractivity (Wildman–Crippen MR) is 122 cm³/mol. The third-order valence-electron chi connectivity index (χ3n) is 5.95. The lowest BCUT2D eigenvalue weighted by molar-refractivity contribution is -0.127. The van der Waals surface area contributed by atoms with E-state index in [2.05, 4.69) is 9.88 Å². The molecule has 1 aliphatic rings. The largest absolute Gasteiger partial charge is 0.497 e. The molecule has 1 fully saturated rings. The van der Waals surface area contributed by atoms with Crippen LogP contribution in [-0.4, -0.2) is 60.5 Å². The maximum Gasteiger partial charge on any atom is 0.246 e. The highest BCUT2D eigenvalue weighted by Crippen LogP contribution is 2.27. The molecule has 6 heteroatoms. The van der Waals surface area contributed by atoms with Gasteiger partial charge in [-0.05, 0) is 55.3 Å². The van der Waals surface area contributed by atoms with Gasteiger partial charge in [0.15, 0.2) is 0 Å². The van der Waals surface area contributed by atoms with Crippen molar-refractivity contribution in [1.29, 1.82) is 0 Å². The van der Waals surface area contributed by atoms with E-state index in [-0.39, 0.29) is 11.7 Å². The third-order valence-corrected chi connectivity index (χ3v) is 5.95. The van der Waals surface area contributed by atoms with E-state index in [0.717, 1.165) is 59.5 Å². The average molecular weight is 422 g/mol. The molecular weight excluding hydrogens is 393 g/mol. The molecule has 1 aromatic heterocycles. The number of fused-ring (bicyclic) bond motifs is 1. The highest BCUT2D eigenvalue weighted by molar-refractivity contribution is 5.97. The van der Waals surface area contributed by atoms with Crippen LogP contribution in [0.2, 0.25) is 0 Å². The topological polar surface area (TPSA) is 48.6 Å². The number of nitrogens with one attached hydrogen (secondary N) is 1. The van der Waals surface area contributed by atoms with Crippen molar-refractivity contribution in [1.82, 2.24) is 14.8 Å². The van der Waals surface area contributed by atoms with Gasteiger partial charge in [0, 0.05) is 61.0 Å². The summed E-state index contributed by atoms with van der Waals surface area (Å²) in [4.78, 5) is 20.3. The number of carbonyl (C=O) groups is 1. The minimum atomic E-state index is -0.203. The van der Waals surface area contributed by atoms with Gasteiger partial charge in [-0.1, -0.05) is 12.1 Å². The summed E-state index contributed by atoms with van der Waals surface area (Å²) in [6.07, 6.45) is 4.46. The number of nitrogens with zero attached hydrogens (tertiary/aromatic N) is 2. The van der Waals surface area contributed by atoms with Crippen molar-refractivity contribution in [3.8, 4) is 5.75 Å². The molecule has 0 saturated carbocycles. The molecule has 0 spiro atoms. The van der Waals surface area contributed by atoms with Gasteiger partial charge in [0.25, 0.3) is 0 Å². The number of ether oxygens (including phenoxy) is 1. The number of hydrogen-bond acceptors (Lipinski definition) is 3. The van der Waals surface area contributed by atoms with E-state index < -0.39 is 0 Å². The smallest absolute Gasteiger partial charge is 0.246 e. The molecule has 0 atom stereocenters. The highest BCUT2D eigenvalue weighted by atomic mass is 19.1. The molecule has 1 amide bonds. The molecule has 0 radical (unpaired) electrons. The van der Waals surface area contributed by atoms with Crippen molar-refractivity contribution in [2.45, 2.75) is 13.3 Å². The standard InChI is InChI=1S/C25H28FN3O2/c1-18-22(23-17-21(31-2)7-9-24(23)27-18)8-10-25(30)29-15-13-28(14-16-29)12-11-19-3-5-20(26)6-4-19/h3-10,17,27H,11-16H2,1-2H3. The molecule has 3 aromatic rings. The highest BCUT2D eigenvalue weighted by Gasteiger charge is 2.19. The first-order valence-corrected chi connectivity index (χ1v) is 10.6. The van der Waals surface area contributed by atoms with Crippen LogP contribution < -0.4 is 4.74 Å². The van der Waals surface area contributed by atoms with Crippen molar-refractivity contribution < 1.29 is 13.9 Å². The number of H-pyrrole nitrogens is 1. The number of hydrogen-bond donors (Lipinski definition) is 1. The summed E-state index contributed by atoms with van der Waals surface area (Å²) in [6, 6.07) is 12.6. The number of rotatable bonds is 6. The zero-order valence-electron chi connectivity index (χ0n) is 18.0. The number of carbonyl (C=O) groups excluding carboxylic acids is 1. The van der Waals surface area contributed by atoms with Gasteiger partial charge in [-0.25, -0.2) is 4.39 Å². The number of piperazine rings is 1. The Hall–Kier alpha value is -3.12. The van der Waals surface area contributed by atoms with Gasteiger partial charge in [-0.2, -0.15) is 0 Å². The lowest BCUT2D eigenvalue weighted by Gasteiger charge is -2.34. The Morgan fingerprint density at radius 1 is 1.13 bits per heavy atom. The fraction of sp³-hybridized carbons (Fsp3) is 0.320. The molecule has 1 aliphatic heterocycles. The second-order valence-electron chi connectivity index (χ2n) is 7.95. The first-order valence-electron chi connectivity index (χ1n) is 10.6. The lowest BCUT2D eigenvalue weighted by atomic mass is 10.1. The van der Waals surface area contributed by atoms with Crippen LogP contribution in [0.5, 0.6) is 5.75 Å². The van der Waals surface area contributed by atoms with E-state index in [9.17, 15) is 9.18 Å². The molecule has 0 bridgehead atoms. The molecule has 5 nitrogen and oxygen atoms in total. The summed E-state index contributed by atoms with van der Waals surface area (Å²) in [5, 5.41) is 1.05. The number of aromatic amines is 1. The first kappa shape index (κ1) is 21.1. The maximum atomic E-state index is 13.0. The summed E-state index contributed by atoms with van der Waals surface area (Å²) in [5.74, 6) is 0.630. The Labute approximate surface area is 182 Å². The van der Waals surface area contributed by atoms with Crippen molar-refractivity contribution in [3.05, 3.63) is 71.2 Å². The number of halogens is 1. The molecule has 162 valence electrons. The summed E-state index contributed by atoms with van der Waals surface area (Å²) in [7, 11) is 1.65. The summed E-state index contributed by atoms with van der Waals surface area (Å²) in [5.41, 5.74) is 4.20. The van der Waals surface area contributed by atoms with E-state index in [1.807, 2.05) is 48.2 Å². The Kier molecular flexibility index (Phi) is 6.37. The predicted octanol–water partition coefficient (Wildman–Crippen LogP) is 4.02. The fourth-order valence-electron chi connectivity index (χ4n) is 4.06. The molecule has 2 aromatic carbocycles. The zero-order valence-corrected chi connectivity index (χ0v) is 18.0. The van der Waals surface area contributed by atoms with Crippen molar-refractivity contribution in [2.75, 3.05) is 39.8 Å². The van der Waals surface area contributed by atoms with Crippen molar-refractivity contribution >= 4 is 22.9 Å². The van der Waals surface area contributed by atoms with Crippen LogP contribution in [0.3, 0.4) is 0 Å². The summed E-state index contributed by atoms with van der Waals surface area (Å²) < 4.78 is 18.4. The minimum Gasteiger partial charge on any atom is -0.497 e. The van der Waals surface area contributed by atoms with Crippen molar-refractivity contribution in [2.24, 2.45) is 0 Å². The van der Waals surface area contributed by atoms with Crippen LogP contribution in [0.25, 0.3) is 17.0 Å². The average Bonchev–Trinajstić information content (AvgIpc) is 3.11. The second kappa shape index (κ2) is 9.35. The first-order chi connectivity index (χ1) is 15.0. The number of aromatic nitrogens is 1. The summed E-state index contributed by atoms with van der Waals surface area (Å²) in [6.45, 7) is 6.06. The SMILES string of the molecule is COc1ccc2[nH]c(C)c(C=CC(=O)N3CCN(CCc4ccc(F)cc4)CC3)c2c1. The molecule has 1 saturated heterocycles. The van der Waals surface area contributed by atoms with E-state index in [1.54, 1.807) is 13.2 Å². The Morgan fingerprint density at radius 2 is 1.87 bits per heavy atom. The normalized spacial score (nSPS) is 15.1. The molecule has 2 heterocycles. The van der Waals surface area contributed by atoms with Crippen LogP contribution in [0, 0.1) is 12.7 Å². The number of aryl methyl sites for hydroxylation is 1. The van der Waals surface area contributed by atoms with Gasteiger partial charge >= 0.3 is 0 Å². The second-order valence-corrected chi connectivity index (χ2v) is 7.95. The quantitative estimate of drug-likeness (QED) is 0.612. The lowest BCUT2D eigenvalue weighted by Crippen LogP contribution is -2.48. The summed E-state index contributed by atoms with van der Waals surface area (Å²) >= 11 is 0. The molecule has 1 N–H and O–H groups in total. The molecule has 0 unspecified atom stereocenters. The van der Waals surface area contributed by atoms with Crippen LogP contribution in [-0.2, 0) is 11.2 Å². The third kappa shape index (κ3) is 4.97. The molecule has 0 aliphatic carbocycles. The zero-order chi connectivity index (χ0) is 21.8. The van der Waals surface area contributed by atoms with Crippen LogP contribution >= 0.6 is 0 Å². The van der Waals surface area contributed by atoms with Gasteiger partial charge in [-0.3, -0.25) is 9.69 Å². The van der Waals surface area contributed by atoms with E-state index >= 15 is 0 Å². The Morgan fingerprint density at radius 3 is 2.58 bits per heavy atom. The number of methoxy groups -OCH3 is 1. The Balaban J connectivity index is 1.33. The van der Waals surface area contributed by atoms with Crippen molar-refractivity contribution in [3.63, 3.8) is 0 Å². The van der Waals surface area contributed by atoms with E-state index in [1.165, 1.54) is 12.1 Å². The van der Waals surface area contributed by atoms with E-state index in [4.69, 9.17) is 4.74 Å². The number of benzene rings is 2. The van der Waals surface area contributed by atoms with Gasteiger partial charge in [0.05, 0.1) is 7.11 Å².